The smallest absolute Gasteiger partial charge is 0.214 e. The standard InChI is InChI=1S/C8H20N2O2S/c1-3-5-6-8(4-2)7-9-10-13(11)12/h8-9,13H,3-7H2,1-2H3,(H,10,11,12). The summed E-state index contributed by atoms with van der Waals surface area (Å²) >= 11 is 0. The Morgan fingerprint density at radius 1 is 1.31 bits per heavy atom. The van der Waals surface area contributed by atoms with Crippen molar-refractivity contribution in [3.8, 4) is 0 Å². The van der Waals surface area contributed by atoms with Crippen LogP contribution in [0.15, 0.2) is 0 Å². The lowest BCUT2D eigenvalue weighted by molar-refractivity contribution is 0.412. The quantitative estimate of drug-likeness (QED) is 0.409. The van der Waals surface area contributed by atoms with Gasteiger partial charge in [-0.1, -0.05) is 33.1 Å². The average molecular weight is 208 g/mol. The van der Waals surface area contributed by atoms with E-state index in [4.69, 9.17) is 0 Å². The van der Waals surface area contributed by atoms with Crippen LogP contribution in [0.5, 0.6) is 0 Å². The van der Waals surface area contributed by atoms with Crippen LogP contribution in [0.2, 0.25) is 0 Å². The molecule has 0 aromatic heterocycles. The summed E-state index contributed by atoms with van der Waals surface area (Å²) in [5.41, 5.74) is 2.70. The fourth-order valence-corrected chi connectivity index (χ4v) is 1.42. The van der Waals surface area contributed by atoms with Crippen LogP contribution in [0.1, 0.15) is 39.5 Å². The van der Waals surface area contributed by atoms with Gasteiger partial charge in [0.2, 0.25) is 10.9 Å². The van der Waals surface area contributed by atoms with Gasteiger partial charge >= 0.3 is 0 Å². The molecule has 13 heavy (non-hydrogen) atoms. The van der Waals surface area contributed by atoms with E-state index < -0.39 is 10.9 Å². The number of hydrogen-bond acceptors (Lipinski definition) is 3. The minimum atomic E-state index is -2.51. The van der Waals surface area contributed by atoms with Crippen molar-refractivity contribution in [1.82, 2.24) is 10.3 Å². The van der Waals surface area contributed by atoms with Crippen molar-refractivity contribution >= 4 is 10.9 Å². The summed E-state index contributed by atoms with van der Waals surface area (Å²) in [6, 6.07) is 0. The van der Waals surface area contributed by atoms with Gasteiger partial charge in [0.1, 0.15) is 0 Å². The Balaban J connectivity index is 3.47. The van der Waals surface area contributed by atoms with Crippen molar-refractivity contribution in [2.24, 2.45) is 5.92 Å². The predicted octanol–water partition coefficient (Wildman–Crippen LogP) is 0.823. The van der Waals surface area contributed by atoms with Gasteiger partial charge in [-0.15, -0.1) is 0 Å². The zero-order valence-corrected chi connectivity index (χ0v) is 9.27. The monoisotopic (exact) mass is 208 g/mol. The number of nitrogens with one attached hydrogen (secondary N) is 2. The van der Waals surface area contributed by atoms with Crippen molar-refractivity contribution in [3.05, 3.63) is 0 Å². The molecule has 1 unspecified atom stereocenters. The second-order valence-electron chi connectivity index (χ2n) is 3.17. The SMILES string of the molecule is CCCCC(CC)CNN[SH](=O)=O. The maximum Gasteiger partial charge on any atom is 0.214 e. The Hall–Kier alpha value is -0.130. The lowest BCUT2D eigenvalue weighted by atomic mass is 10.00. The fraction of sp³-hybridized carbons (Fsp3) is 1.00. The van der Waals surface area contributed by atoms with E-state index in [0.717, 1.165) is 19.4 Å². The second-order valence-corrected chi connectivity index (χ2v) is 3.90. The maximum atomic E-state index is 10.1. The molecule has 0 heterocycles. The predicted molar refractivity (Wildman–Crippen MR) is 54.8 cm³/mol. The number of hydrogen-bond donors (Lipinski definition) is 3. The van der Waals surface area contributed by atoms with Crippen molar-refractivity contribution in [2.45, 2.75) is 39.5 Å². The van der Waals surface area contributed by atoms with Crippen LogP contribution in [0.25, 0.3) is 0 Å². The molecule has 0 aliphatic heterocycles. The van der Waals surface area contributed by atoms with Crippen LogP contribution < -0.4 is 10.3 Å². The van der Waals surface area contributed by atoms with Crippen LogP contribution in [0.3, 0.4) is 0 Å². The summed E-state index contributed by atoms with van der Waals surface area (Å²) in [5.74, 6) is 0.572. The third kappa shape index (κ3) is 8.21. The Kier molecular flexibility index (Phi) is 8.38. The Morgan fingerprint density at radius 3 is 2.46 bits per heavy atom. The zero-order chi connectivity index (χ0) is 10.1. The molecule has 0 rings (SSSR count). The summed E-state index contributed by atoms with van der Waals surface area (Å²) in [7, 11) is -2.51. The molecule has 0 saturated carbocycles. The molecule has 0 aromatic carbocycles. The Morgan fingerprint density at radius 2 is 2.00 bits per heavy atom. The topological polar surface area (TPSA) is 58.2 Å². The average Bonchev–Trinajstić information content (AvgIpc) is 2.10. The summed E-state index contributed by atoms with van der Waals surface area (Å²) in [5, 5.41) is 0. The molecule has 2 N–H and O–H groups in total. The van der Waals surface area contributed by atoms with E-state index >= 15 is 0 Å². The largest absolute Gasteiger partial charge is 0.244 e. The molecule has 0 aliphatic carbocycles. The first kappa shape index (κ1) is 12.9. The van der Waals surface area contributed by atoms with Crippen molar-refractivity contribution in [2.75, 3.05) is 6.54 Å². The molecule has 4 nitrogen and oxygen atoms in total. The molecular formula is C8H20N2O2S. The van der Waals surface area contributed by atoms with E-state index in [0.29, 0.717) is 5.92 Å². The highest BCUT2D eigenvalue weighted by Crippen LogP contribution is 2.10. The Labute approximate surface area is 82.2 Å². The summed E-state index contributed by atoms with van der Waals surface area (Å²) < 4.78 is 20.3. The molecule has 1 atom stereocenters. The van der Waals surface area contributed by atoms with Gasteiger partial charge in [-0.05, 0) is 12.3 Å². The van der Waals surface area contributed by atoms with Gasteiger partial charge in [-0.3, -0.25) is 0 Å². The van der Waals surface area contributed by atoms with Crippen LogP contribution in [-0.2, 0) is 10.9 Å². The maximum absolute atomic E-state index is 10.1. The molecule has 0 amide bonds. The minimum absolute atomic E-state index is 0.572. The van der Waals surface area contributed by atoms with Gasteiger partial charge in [-0.2, -0.15) is 4.83 Å². The molecule has 0 bridgehead atoms. The third-order valence-corrected chi connectivity index (χ3v) is 2.45. The molecule has 0 aliphatic rings. The van der Waals surface area contributed by atoms with E-state index in [1.54, 1.807) is 0 Å². The van der Waals surface area contributed by atoms with Crippen molar-refractivity contribution in [1.29, 1.82) is 0 Å². The molecular weight excluding hydrogens is 188 g/mol. The van der Waals surface area contributed by atoms with E-state index in [1.165, 1.54) is 12.8 Å². The van der Waals surface area contributed by atoms with E-state index in [-0.39, 0.29) is 0 Å². The molecule has 0 spiro atoms. The summed E-state index contributed by atoms with van der Waals surface area (Å²) in [6.45, 7) is 5.01. The molecule has 0 radical (unpaired) electrons. The second kappa shape index (κ2) is 8.47. The van der Waals surface area contributed by atoms with Crippen LogP contribution in [0, 0.1) is 5.92 Å². The van der Waals surface area contributed by atoms with Crippen LogP contribution in [0.4, 0.5) is 0 Å². The van der Waals surface area contributed by atoms with Gasteiger partial charge < -0.3 is 0 Å². The summed E-state index contributed by atoms with van der Waals surface area (Å²) in [6.07, 6.45) is 4.66. The number of thiol groups is 1. The summed E-state index contributed by atoms with van der Waals surface area (Å²) in [4.78, 5) is 2.19. The van der Waals surface area contributed by atoms with Crippen molar-refractivity contribution in [3.63, 3.8) is 0 Å². The highest BCUT2D eigenvalue weighted by atomic mass is 32.2. The lowest BCUT2D eigenvalue weighted by Gasteiger charge is -2.13. The van der Waals surface area contributed by atoms with Gasteiger partial charge in [-0.25, -0.2) is 13.8 Å². The molecule has 0 aromatic rings. The first-order chi connectivity index (χ1) is 6.20. The van der Waals surface area contributed by atoms with Gasteiger partial charge in [0.15, 0.2) is 0 Å². The molecule has 0 saturated heterocycles. The lowest BCUT2D eigenvalue weighted by Crippen LogP contribution is -2.34. The van der Waals surface area contributed by atoms with Gasteiger partial charge in [0, 0.05) is 6.54 Å². The Bertz CT molecular complexity index is 175. The molecule has 80 valence electrons. The van der Waals surface area contributed by atoms with Crippen LogP contribution >= 0.6 is 0 Å². The normalized spacial score (nSPS) is 13.5. The van der Waals surface area contributed by atoms with E-state index in [9.17, 15) is 8.42 Å². The van der Waals surface area contributed by atoms with Crippen LogP contribution in [-0.4, -0.2) is 15.0 Å². The zero-order valence-electron chi connectivity index (χ0n) is 8.38. The van der Waals surface area contributed by atoms with E-state index in [2.05, 4.69) is 24.1 Å². The third-order valence-electron chi connectivity index (χ3n) is 2.10. The number of unbranched alkanes of at least 4 members (excludes halogenated alkanes) is 1. The fourth-order valence-electron chi connectivity index (χ4n) is 1.20. The number of hydrazine groups is 1. The highest BCUT2D eigenvalue weighted by molar-refractivity contribution is 7.70. The van der Waals surface area contributed by atoms with Gasteiger partial charge in [0.05, 0.1) is 0 Å². The van der Waals surface area contributed by atoms with E-state index in [1.807, 2.05) is 0 Å². The minimum Gasteiger partial charge on any atom is -0.244 e. The highest BCUT2D eigenvalue weighted by Gasteiger charge is 2.04. The van der Waals surface area contributed by atoms with Crippen molar-refractivity contribution < 1.29 is 8.42 Å². The number of rotatable bonds is 8. The molecule has 0 fully saturated rings. The molecule has 5 heteroatoms. The first-order valence-electron chi connectivity index (χ1n) is 4.83. The first-order valence-corrected chi connectivity index (χ1v) is 6.01. The van der Waals surface area contributed by atoms with Gasteiger partial charge in [0.25, 0.3) is 0 Å².